The Morgan fingerprint density at radius 3 is 2.42 bits per heavy atom. The Morgan fingerprint density at radius 1 is 1.29 bits per heavy atom. The summed E-state index contributed by atoms with van der Waals surface area (Å²) in [5.41, 5.74) is -1.01. The van der Waals surface area contributed by atoms with Gasteiger partial charge in [0.05, 0.1) is 25.0 Å². The van der Waals surface area contributed by atoms with Gasteiger partial charge in [-0.15, -0.1) is 0 Å². The molecule has 1 aliphatic heterocycles. The highest BCUT2D eigenvalue weighted by atomic mass is 19.4. The summed E-state index contributed by atoms with van der Waals surface area (Å²) in [7, 11) is 1.27. The van der Waals surface area contributed by atoms with Crippen LogP contribution in [0.1, 0.15) is 24.0 Å². The Kier molecular flexibility index (Phi) is 5.36. The Hall–Kier alpha value is -2.25. The van der Waals surface area contributed by atoms with Gasteiger partial charge in [-0.25, -0.2) is 0 Å². The van der Waals surface area contributed by atoms with E-state index in [1.807, 2.05) is 0 Å². The van der Waals surface area contributed by atoms with Gasteiger partial charge < -0.3 is 14.7 Å². The van der Waals surface area contributed by atoms with E-state index in [1.165, 1.54) is 24.1 Å². The van der Waals surface area contributed by atoms with Crippen LogP contribution in [0.4, 0.5) is 13.2 Å². The molecule has 0 atom stereocenters. The lowest BCUT2D eigenvalue weighted by atomic mass is 9.96. The normalized spacial score (nSPS) is 16.1. The second kappa shape index (κ2) is 7.11. The number of methoxy groups -OCH3 is 1. The lowest BCUT2D eigenvalue weighted by Gasteiger charge is -2.30. The molecule has 1 aliphatic rings. The van der Waals surface area contributed by atoms with Crippen LogP contribution in [0.2, 0.25) is 0 Å². The van der Waals surface area contributed by atoms with Crippen molar-refractivity contribution in [3.63, 3.8) is 0 Å². The van der Waals surface area contributed by atoms with Crippen molar-refractivity contribution in [3.8, 4) is 5.75 Å². The van der Waals surface area contributed by atoms with Crippen LogP contribution in [-0.4, -0.2) is 42.1 Å². The first-order chi connectivity index (χ1) is 11.2. The number of likely N-dealkylation sites (tertiary alicyclic amines) is 1. The molecular formula is C16H18F3NO4. The minimum absolute atomic E-state index is 0.0702. The molecule has 0 radical (unpaired) electrons. The molecule has 1 heterocycles. The average Bonchev–Trinajstić information content (AvgIpc) is 2.54. The van der Waals surface area contributed by atoms with Crippen LogP contribution in [0, 0.1) is 5.92 Å². The third-order valence-corrected chi connectivity index (χ3v) is 4.16. The van der Waals surface area contributed by atoms with E-state index < -0.39 is 29.5 Å². The highest BCUT2D eigenvalue weighted by Crippen LogP contribution is 2.35. The Labute approximate surface area is 137 Å². The smallest absolute Gasteiger partial charge is 0.416 e. The van der Waals surface area contributed by atoms with Crippen LogP contribution in [0.15, 0.2) is 18.2 Å². The monoisotopic (exact) mass is 345 g/mol. The molecule has 0 unspecified atom stereocenters. The molecule has 2 rings (SSSR count). The predicted molar refractivity (Wildman–Crippen MR) is 78.6 cm³/mol. The molecule has 1 saturated heterocycles. The van der Waals surface area contributed by atoms with E-state index in [0.717, 1.165) is 6.07 Å². The van der Waals surface area contributed by atoms with Crippen LogP contribution in [-0.2, 0) is 22.2 Å². The Bertz CT molecular complexity index is 622. The van der Waals surface area contributed by atoms with E-state index in [-0.39, 0.29) is 30.8 Å². The number of alkyl halides is 3. The molecule has 1 aromatic rings. The van der Waals surface area contributed by atoms with Crippen molar-refractivity contribution in [2.24, 2.45) is 5.92 Å². The summed E-state index contributed by atoms with van der Waals surface area (Å²) in [5, 5.41) is 8.93. The van der Waals surface area contributed by atoms with Crippen LogP contribution >= 0.6 is 0 Å². The first kappa shape index (κ1) is 18.1. The first-order valence-corrected chi connectivity index (χ1v) is 7.47. The highest BCUT2D eigenvalue weighted by molar-refractivity contribution is 5.80. The maximum absolute atomic E-state index is 13.2. The van der Waals surface area contributed by atoms with Gasteiger partial charge in [-0.05, 0) is 30.5 Å². The number of halogens is 3. The second-order valence-corrected chi connectivity index (χ2v) is 5.69. The Morgan fingerprint density at radius 2 is 1.92 bits per heavy atom. The molecule has 0 spiro atoms. The van der Waals surface area contributed by atoms with Crippen molar-refractivity contribution >= 4 is 11.9 Å². The summed E-state index contributed by atoms with van der Waals surface area (Å²) < 4.78 is 44.3. The lowest BCUT2D eigenvalue weighted by Crippen LogP contribution is -2.41. The molecule has 1 amide bonds. The van der Waals surface area contributed by atoms with Crippen LogP contribution in [0.5, 0.6) is 5.75 Å². The number of hydrogen-bond donors (Lipinski definition) is 1. The van der Waals surface area contributed by atoms with Gasteiger partial charge in [0.15, 0.2) is 0 Å². The minimum Gasteiger partial charge on any atom is -0.497 e. The average molecular weight is 345 g/mol. The van der Waals surface area contributed by atoms with Crippen molar-refractivity contribution in [3.05, 3.63) is 29.3 Å². The number of aliphatic carboxylic acids is 1. The van der Waals surface area contributed by atoms with Crippen LogP contribution in [0.25, 0.3) is 0 Å². The summed E-state index contributed by atoms with van der Waals surface area (Å²) in [6.07, 6.45) is -4.33. The third kappa shape index (κ3) is 4.18. The van der Waals surface area contributed by atoms with E-state index in [0.29, 0.717) is 12.8 Å². The van der Waals surface area contributed by atoms with E-state index in [9.17, 15) is 22.8 Å². The topological polar surface area (TPSA) is 66.8 Å². The zero-order valence-corrected chi connectivity index (χ0v) is 13.1. The van der Waals surface area contributed by atoms with Gasteiger partial charge in [-0.3, -0.25) is 9.59 Å². The number of amides is 1. The van der Waals surface area contributed by atoms with Crippen LogP contribution in [0.3, 0.4) is 0 Å². The standard InChI is InChI=1S/C16H18F3NO4/c1-24-12-3-2-11(13(9-12)16(17,18)19)8-14(21)20-6-4-10(5-7-20)15(22)23/h2-3,9-10H,4-8H2,1H3,(H,22,23). The fourth-order valence-electron chi connectivity index (χ4n) is 2.75. The highest BCUT2D eigenvalue weighted by Gasteiger charge is 2.35. The molecule has 24 heavy (non-hydrogen) atoms. The fourth-order valence-corrected chi connectivity index (χ4v) is 2.75. The first-order valence-electron chi connectivity index (χ1n) is 7.47. The van der Waals surface area contributed by atoms with Gasteiger partial charge >= 0.3 is 12.1 Å². The maximum atomic E-state index is 13.2. The molecule has 1 fully saturated rings. The van der Waals surface area contributed by atoms with Crippen molar-refractivity contribution in [1.29, 1.82) is 0 Å². The van der Waals surface area contributed by atoms with Gasteiger partial charge in [-0.1, -0.05) is 6.07 Å². The number of hydrogen-bond acceptors (Lipinski definition) is 3. The summed E-state index contributed by atoms with van der Waals surface area (Å²) in [5.74, 6) is -1.77. The summed E-state index contributed by atoms with van der Waals surface area (Å²) in [6.45, 7) is 0.487. The number of carboxylic acids is 1. The number of benzene rings is 1. The van der Waals surface area contributed by atoms with Crippen molar-refractivity contribution in [1.82, 2.24) is 4.90 Å². The lowest BCUT2D eigenvalue weighted by molar-refractivity contribution is -0.146. The number of rotatable bonds is 4. The molecule has 0 aromatic heterocycles. The number of carboxylic acid groups (broad SMARTS) is 1. The second-order valence-electron chi connectivity index (χ2n) is 5.69. The van der Waals surface area contributed by atoms with Crippen molar-refractivity contribution in [2.75, 3.05) is 20.2 Å². The Balaban J connectivity index is 2.11. The summed E-state index contributed by atoms with van der Waals surface area (Å²) in [4.78, 5) is 24.6. The minimum atomic E-state index is -4.58. The van der Waals surface area contributed by atoms with Gasteiger partial charge in [-0.2, -0.15) is 13.2 Å². The molecule has 5 nitrogen and oxygen atoms in total. The molecule has 0 aliphatic carbocycles. The quantitative estimate of drug-likeness (QED) is 0.911. The van der Waals surface area contributed by atoms with Crippen molar-refractivity contribution in [2.45, 2.75) is 25.4 Å². The number of ether oxygens (including phenoxy) is 1. The van der Waals surface area contributed by atoms with Crippen molar-refractivity contribution < 1.29 is 32.6 Å². The zero-order chi connectivity index (χ0) is 17.9. The summed E-state index contributed by atoms with van der Waals surface area (Å²) >= 11 is 0. The van der Waals surface area contributed by atoms with E-state index in [1.54, 1.807) is 0 Å². The molecule has 8 heteroatoms. The third-order valence-electron chi connectivity index (χ3n) is 4.16. The largest absolute Gasteiger partial charge is 0.497 e. The zero-order valence-electron chi connectivity index (χ0n) is 13.1. The molecule has 0 saturated carbocycles. The predicted octanol–water partition coefficient (Wildman–Crippen LogP) is 2.58. The number of nitrogens with zero attached hydrogens (tertiary/aromatic N) is 1. The number of carbonyl (C=O) groups excluding carboxylic acids is 1. The maximum Gasteiger partial charge on any atom is 0.416 e. The van der Waals surface area contributed by atoms with E-state index in [2.05, 4.69) is 0 Å². The van der Waals surface area contributed by atoms with E-state index >= 15 is 0 Å². The SMILES string of the molecule is COc1ccc(CC(=O)N2CCC(C(=O)O)CC2)c(C(F)(F)F)c1. The fraction of sp³-hybridized carbons (Fsp3) is 0.500. The van der Waals surface area contributed by atoms with Gasteiger partial charge in [0, 0.05) is 13.1 Å². The van der Waals surface area contributed by atoms with Gasteiger partial charge in [0.1, 0.15) is 5.75 Å². The summed E-state index contributed by atoms with van der Waals surface area (Å²) in [6, 6.07) is 3.50. The molecule has 1 aromatic carbocycles. The molecule has 132 valence electrons. The molecule has 1 N–H and O–H groups in total. The van der Waals surface area contributed by atoms with Gasteiger partial charge in [0.25, 0.3) is 0 Å². The number of piperidine rings is 1. The van der Waals surface area contributed by atoms with Crippen LogP contribution < -0.4 is 4.74 Å². The molecular weight excluding hydrogens is 327 g/mol. The van der Waals surface area contributed by atoms with Gasteiger partial charge in [0.2, 0.25) is 5.91 Å². The van der Waals surface area contributed by atoms with E-state index in [4.69, 9.17) is 9.84 Å². The number of carbonyl (C=O) groups is 2. The molecule has 0 bridgehead atoms.